The third-order valence-corrected chi connectivity index (χ3v) is 3.03. The topological polar surface area (TPSA) is 67.4 Å². The van der Waals surface area contributed by atoms with Gasteiger partial charge < -0.3 is 15.4 Å². The molecule has 1 rings (SSSR count). The molecule has 0 atom stereocenters. The summed E-state index contributed by atoms with van der Waals surface area (Å²) in [7, 11) is 0. The van der Waals surface area contributed by atoms with E-state index in [1.54, 1.807) is 0 Å². The highest BCUT2D eigenvalue weighted by molar-refractivity contribution is 5.94. The van der Waals surface area contributed by atoms with Crippen LogP contribution in [0.15, 0.2) is 36.9 Å². The first kappa shape index (κ1) is 17.8. The fourth-order valence-corrected chi connectivity index (χ4v) is 1.75. The molecule has 0 aliphatic carbocycles. The Morgan fingerprint density at radius 1 is 1.14 bits per heavy atom. The zero-order chi connectivity index (χ0) is 16.6. The van der Waals surface area contributed by atoms with Crippen LogP contribution < -0.4 is 10.6 Å². The van der Waals surface area contributed by atoms with Gasteiger partial charge >= 0.3 is 6.09 Å². The Bertz CT molecular complexity index is 516. The van der Waals surface area contributed by atoms with E-state index in [1.807, 2.05) is 24.3 Å². The van der Waals surface area contributed by atoms with Gasteiger partial charge in [-0.15, -0.1) is 0 Å². The van der Waals surface area contributed by atoms with Gasteiger partial charge in [-0.25, -0.2) is 4.79 Å². The van der Waals surface area contributed by atoms with E-state index in [-0.39, 0.29) is 17.9 Å². The maximum absolute atomic E-state index is 12.0. The van der Waals surface area contributed by atoms with Gasteiger partial charge in [-0.05, 0) is 23.1 Å². The van der Waals surface area contributed by atoms with Crippen LogP contribution in [0.5, 0.6) is 0 Å². The van der Waals surface area contributed by atoms with Gasteiger partial charge in [-0.2, -0.15) is 0 Å². The molecule has 0 aliphatic heterocycles. The Labute approximate surface area is 131 Å². The number of nitrogens with one attached hydrogen (secondary N) is 2. The number of alkyl carbamates (subject to hydrolysis) is 1. The van der Waals surface area contributed by atoms with Gasteiger partial charge in [0, 0.05) is 18.7 Å². The summed E-state index contributed by atoms with van der Waals surface area (Å²) in [6.45, 7) is 10.6. The van der Waals surface area contributed by atoms with Crippen LogP contribution in [0.3, 0.4) is 0 Å². The first-order valence-electron chi connectivity index (χ1n) is 7.25. The lowest BCUT2D eigenvalue weighted by Crippen LogP contribution is -2.35. The largest absolute Gasteiger partial charge is 0.445 e. The van der Waals surface area contributed by atoms with Crippen molar-refractivity contribution in [3.05, 3.63) is 48.0 Å². The maximum atomic E-state index is 12.0. The van der Waals surface area contributed by atoms with E-state index in [0.717, 1.165) is 0 Å². The molecule has 0 bridgehead atoms. The molecule has 2 amide bonds. The van der Waals surface area contributed by atoms with Crippen molar-refractivity contribution >= 4 is 12.0 Å². The second kappa shape index (κ2) is 8.22. The van der Waals surface area contributed by atoms with Crippen molar-refractivity contribution in [1.29, 1.82) is 0 Å². The molecule has 0 saturated heterocycles. The maximum Gasteiger partial charge on any atom is 0.407 e. The highest BCUT2D eigenvalue weighted by Crippen LogP contribution is 2.22. The minimum absolute atomic E-state index is 0.0602. The van der Waals surface area contributed by atoms with Crippen LogP contribution in [0.4, 0.5) is 4.79 Å². The number of carbonyl (C=O) groups excluding carboxylic acids is 2. The quantitative estimate of drug-likeness (QED) is 0.627. The Hall–Kier alpha value is -2.30. The monoisotopic (exact) mass is 304 g/mol. The number of rotatable bonds is 6. The second-order valence-corrected chi connectivity index (χ2v) is 5.90. The average molecular weight is 304 g/mol. The Balaban J connectivity index is 2.37. The van der Waals surface area contributed by atoms with Gasteiger partial charge in [0.1, 0.15) is 6.61 Å². The van der Waals surface area contributed by atoms with E-state index >= 15 is 0 Å². The molecule has 1 aromatic carbocycles. The van der Waals surface area contributed by atoms with Crippen molar-refractivity contribution in [3.8, 4) is 0 Å². The third kappa shape index (κ3) is 5.99. The van der Waals surface area contributed by atoms with E-state index in [4.69, 9.17) is 4.74 Å². The molecule has 5 heteroatoms. The Kier molecular flexibility index (Phi) is 6.63. The molecule has 0 aliphatic rings. The number of hydrogen-bond acceptors (Lipinski definition) is 3. The summed E-state index contributed by atoms with van der Waals surface area (Å²) in [6, 6.07) is 7.53. The molecular weight excluding hydrogens is 280 g/mol. The Morgan fingerprint density at radius 2 is 1.73 bits per heavy atom. The first-order valence-corrected chi connectivity index (χ1v) is 7.25. The van der Waals surface area contributed by atoms with Crippen LogP contribution in [0.25, 0.3) is 0 Å². The highest BCUT2D eigenvalue weighted by atomic mass is 16.5. The zero-order valence-corrected chi connectivity index (χ0v) is 13.4. The Morgan fingerprint density at radius 3 is 2.27 bits per heavy atom. The van der Waals surface area contributed by atoms with Gasteiger partial charge in [-0.1, -0.05) is 45.6 Å². The molecule has 2 N–H and O–H groups in total. The fraction of sp³-hybridized carbons (Fsp3) is 0.412. The summed E-state index contributed by atoms with van der Waals surface area (Å²) in [4.78, 5) is 23.1. The molecule has 0 saturated carbocycles. The minimum Gasteiger partial charge on any atom is -0.445 e. The number of carbonyl (C=O) groups is 2. The molecule has 22 heavy (non-hydrogen) atoms. The van der Waals surface area contributed by atoms with Gasteiger partial charge in [0.25, 0.3) is 5.91 Å². The summed E-state index contributed by atoms with van der Waals surface area (Å²) in [5.74, 6) is -0.165. The molecule has 120 valence electrons. The zero-order valence-electron chi connectivity index (χ0n) is 13.4. The van der Waals surface area contributed by atoms with Crippen LogP contribution in [-0.4, -0.2) is 31.7 Å². The summed E-state index contributed by atoms with van der Waals surface area (Å²) in [5.41, 5.74) is 1.84. The van der Waals surface area contributed by atoms with Crippen LogP contribution in [0, 0.1) is 0 Å². The van der Waals surface area contributed by atoms with Crippen LogP contribution >= 0.6 is 0 Å². The summed E-state index contributed by atoms with van der Waals surface area (Å²) in [5, 5.41) is 5.27. The lowest BCUT2D eigenvalue weighted by Gasteiger charge is -2.19. The van der Waals surface area contributed by atoms with Gasteiger partial charge in [-0.3, -0.25) is 4.79 Å². The average Bonchev–Trinajstić information content (AvgIpc) is 2.48. The van der Waals surface area contributed by atoms with Crippen LogP contribution in [-0.2, 0) is 10.2 Å². The lowest BCUT2D eigenvalue weighted by atomic mass is 9.87. The number of hydrogen-bond donors (Lipinski definition) is 2. The van der Waals surface area contributed by atoms with Crippen molar-refractivity contribution in [2.75, 3.05) is 19.7 Å². The fourth-order valence-electron chi connectivity index (χ4n) is 1.75. The predicted octanol–water partition coefficient (Wildman–Crippen LogP) is 2.63. The van der Waals surface area contributed by atoms with Gasteiger partial charge in [0.2, 0.25) is 0 Å². The molecule has 0 fully saturated rings. The molecule has 0 spiro atoms. The smallest absolute Gasteiger partial charge is 0.407 e. The van der Waals surface area contributed by atoms with E-state index in [2.05, 4.69) is 38.0 Å². The second-order valence-electron chi connectivity index (χ2n) is 5.90. The van der Waals surface area contributed by atoms with E-state index in [9.17, 15) is 9.59 Å². The van der Waals surface area contributed by atoms with E-state index < -0.39 is 6.09 Å². The molecule has 0 heterocycles. The molecule has 0 unspecified atom stereocenters. The van der Waals surface area contributed by atoms with Crippen LogP contribution in [0.1, 0.15) is 36.7 Å². The molecular formula is C17H24N2O3. The lowest BCUT2D eigenvalue weighted by molar-refractivity contribution is 0.0952. The number of ether oxygens (including phenoxy) is 1. The predicted molar refractivity (Wildman–Crippen MR) is 87.0 cm³/mol. The standard InChI is InChI=1S/C17H24N2O3/c1-5-12-22-16(21)19-11-10-18-15(20)13-6-8-14(9-7-13)17(2,3)4/h5-9H,1,10-12H2,2-4H3,(H,18,20)(H,19,21). The van der Waals surface area contributed by atoms with Gasteiger partial charge in [0.15, 0.2) is 0 Å². The van der Waals surface area contributed by atoms with E-state index in [1.165, 1.54) is 11.6 Å². The van der Waals surface area contributed by atoms with Crippen molar-refractivity contribution in [2.45, 2.75) is 26.2 Å². The summed E-state index contributed by atoms with van der Waals surface area (Å²) >= 11 is 0. The summed E-state index contributed by atoms with van der Waals surface area (Å²) < 4.78 is 4.75. The van der Waals surface area contributed by atoms with Crippen LogP contribution in [0.2, 0.25) is 0 Å². The molecule has 0 radical (unpaired) electrons. The van der Waals surface area contributed by atoms with Crippen molar-refractivity contribution in [2.24, 2.45) is 0 Å². The number of amides is 2. The normalized spacial score (nSPS) is 10.7. The molecule has 1 aromatic rings. The number of benzene rings is 1. The molecule has 5 nitrogen and oxygen atoms in total. The van der Waals surface area contributed by atoms with E-state index in [0.29, 0.717) is 18.7 Å². The van der Waals surface area contributed by atoms with Crippen molar-refractivity contribution < 1.29 is 14.3 Å². The third-order valence-electron chi connectivity index (χ3n) is 3.03. The highest BCUT2D eigenvalue weighted by Gasteiger charge is 2.14. The van der Waals surface area contributed by atoms with Crippen molar-refractivity contribution in [3.63, 3.8) is 0 Å². The van der Waals surface area contributed by atoms with Gasteiger partial charge in [0.05, 0.1) is 0 Å². The van der Waals surface area contributed by atoms with Crippen molar-refractivity contribution in [1.82, 2.24) is 10.6 Å². The first-order chi connectivity index (χ1) is 10.3. The molecule has 0 aromatic heterocycles. The summed E-state index contributed by atoms with van der Waals surface area (Å²) in [6.07, 6.45) is 0.964. The SMILES string of the molecule is C=CCOC(=O)NCCNC(=O)c1ccc(C(C)(C)C)cc1. The minimum atomic E-state index is -0.524.